The summed E-state index contributed by atoms with van der Waals surface area (Å²) in [5.41, 5.74) is 1.42. The number of nitro groups is 1. The summed E-state index contributed by atoms with van der Waals surface area (Å²) in [6.45, 7) is 3.68. The molecule has 0 radical (unpaired) electrons. The van der Waals surface area contributed by atoms with E-state index in [4.69, 9.17) is 4.74 Å². The molecule has 0 aliphatic carbocycles. The fourth-order valence-electron chi connectivity index (χ4n) is 1.78. The van der Waals surface area contributed by atoms with Crippen molar-refractivity contribution in [2.75, 3.05) is 0 Å². The lowest BCUT2D eigenvalue weighted by atomic mass is 10.1. The Morgan fingerprint density at radius 3 is 2.55 bits per heavy atom. The van der Waals surface area contributed by atoms with Gasteiger partial charge in [0, 0.05) is 6.07 Å². The fraction of sp³-hybridized carbons (Fsp3) is 0.133. The van der Waals surface area contributed by atoms with Crippen molar-refractivity contribution in [3.8, 4) is 5.75 Å². The van der Waals surface area contributed by atoms with Crippen LogP contribution in [0.15, 0.2) is 42.5 Å². The molecule has 0 fully saturated rings. The van der Waals surface area contributed by atoms with Gasteiger partial charge in [0.05, 0.1) is 4.92 Å². The van der Waals surface area contributed by atoms with Crippen LogP contribution in [0.2, 0.25) is 0 Å². The molecule has 0 bridgehead atoms. The van der Waals surface area contributed by atoms with Crippen LogP contribution in [0.1, 0.15) is 21.5 Å². The molecule has 0 N–H and O–H groups in total. The van der Waals surface area contributed by atoms with Crippen LogP contribution in [-0.2, 0) is 0 Å². The van der Waals surface area contributed by atoms with E-state index in [2.05, 4.69) is 0 Å². The number of benzene rings is 2. The molecular weight excluding hydrogens is 258 g/mol. The maximum atomic E-state index is 12.1. The first-order chi connectivity index (χ1) is 9.49. The second-order valence-electron chi connectivity index (χ2n) is 4.43. The predicted octanol–water partition coefficient (Wildman–Crippen LogP) is 3.43. The Morgan fingerprint density at radius 2 is 1.85 bits per heavy atom. The lowest BCUT2D eigenvalue weighted by Gasteiger charge is -2.08. The molecule has 0 saturated heterocycles. The van der Waals surface area contributed by atoms with Gasteiger partial charge >= 0.3 is 5.97 Å². The average Bonchev–Trinajstić information content (AvgIpc) is 2.42. The van der Waals surface area contributed by atoms with Gasteiger partial charge in [-0.2, -0.15) is 0 Å². The smallest absolute Gasteiger partial charge is 0.350 e. The van der Waals surface area contributed by atoms with Crippen molar-refractivity contribution in [2.24, 2.45) is 0 Å². The molecule has 0 heterocycles. The fourth-order valence-corrected chi connectivity index (χ4v) is 1.78. The summed E-state index contributed by atoms with van der Waals surface area (Å²) in [5.74, 6) is -0.320. The molecule has 0 amide bonds. The number of hydrogen-bond acceptors (Lipinski definition) is 4. The first-order valence-electron chi connectivity index (χ1n) is 6.02. The first-order valence-corrected chi connectivity index (χ1v) is 6.02. The van der Waals surface area contributed by atoms with E-state index in [1.807, 2.05) is 26.0 Å². The molecule has 0 atom stereocenters. The van der Waals surface area contributed by atoms with E-state index in [1.54, 1.807) is 12.1 Å². The van der Waals surface area contributed by atoms with Gasteiger partial charge in [0.1, 0.15) is 11.3 Å². The van der Waals surface area contributed by atoms with Crippen molar-refractivity contribution < 1.29 is 14.5 Å². The minimum Gasteiger partial charge on any atom is -0.422 e. The van der Waals surface area contributed by atoms with E-state index in [9.17, 15) is 14.9 Å². The summed E-state index contributed by atoms with van der Waals surface area (Å²) in [5, 5.41) is 10.9. The molecular formula is C15H13NO4. The number of nitrogens with zero attached hydrogens (tertiary/aromatic N) is 1. The van der Waals surface area contributed by atoms with Crippen LogP contribution in [0.4, 0.5) is 5.69 Å². The predicted molar refractivity (Wildman–Crippen MR) is 74.0 cm³/mol. The molecule has 2 aromatic carbocycles. The molecule has 2 rings (SSSR count). The number of nitro benzene ring substituents is 1. The van der Waals surface area contributed by atoms with Gasteiger partial charge in [-0.25, -0.2) is 4.79 Å². The van der Waals surface area contributed by atoms with E-state index >= 15 is 0 Å². The van der Waals surface area contributed by atoms with Crippen molar-refractivity contribution in [1.29, 1.82) is 0 Å². The van der Waals surface area contributed by atoms with Gasteiger partial charge in [0.2, 0.25) is 0 Å². The molecule has 102 valence electrons. The third-order valence-electron chi connectivity index (χ3n) is 2.87. The highest BCUT2D eigenvalue weighted by Crippen LogP contribution is 2.23. The SMILES string of the molecule is Cc1ccc(C)c(OC(=O)c2ccccc2[N+](=O)[O-])c1. The highest BCUT2D eigenvalue weighted by atomic mass is 16.6. The van der Waals surface area contributed by atoms with Crippen molar-refractivity contribution in [3.63, 3.8) is 0 Å². The molecule has 0 unspecified atom stereocenters. The van der Waals surface area contributed by atoms with Gasteiger partial charge in [-0.3, -0.25) is 10.1 Å². The van der Waals surface area contributed by atoms with Gasteiger partial charge in [-0.1, -0.05) is 24.3 Å². The topological polar surface area (TPSA) is 69.4 Å². The minimum atomic E-state index is -0.731. The van der Waals surface area contributed by atoms with Crippen LogP contribution in [0.5, 0.6) is 5.75 Å². The monoisotopic (exact) mass is 271 g/mol. The van der Waals surface area contributed by atoms with Crippen LogP contribution >= 0.6 is 0 Å². The lowest BCUT2D eigenvalue weighted by molar-refractivity contribution is -0.385. The Kier molecular flexibility index (Phi) is 3.79. The van der Waals surface area contributed by atoms with E-state index in [-0.39, 0.29) is 11.3 Å². The molecule has 0 aromatic heterocycles. The van der Waals surface area contributed by atoms with Crippen molar-refractivity contribution in [1.82, 2.24) is 0 Å². The Bertz CT molecular complexity index is 679. The summed E-state index contributed by atoms with van der Waals surface area (Å²) >= 11 is 0. The van der Waals surface area contributed by atoms with Crippen LogP contribution in [0, 0.1) is 24.0 Å². The molecule has 0 aliphatic rings. The Morgan fingerprint density at radius 1 is 1.15 bits per heavy atom. The highest BCUT2D eigenvalue weighted by Gasteiger charge is 2.21. The largest absolute Gasteiger partial charge is 0.422 e. The van der Waals surface area contributed by atoms with Gasteiger partial charge in [0.25, 0.3) is 5.69 Å². The number of esters is 1. The number of rotatable bonds is 3. The third-order valence-corrected chi connectivity index (χ3v) is 2.87. The van der Waals surface area contributed by atoms with E-state index in [0.717, 1.165) is 11.1 Å². The van der Waals surface area contributed by atoms with Crippen molar-refractivity contribution in [2.45, 2.75) is 13.8 Å². The summed E-state index contributed by atoms with van der Waals surface area (Å²) < 4.78 is 5.26. The molecule has 0 spiro atoms. The Balaban J connectivity index is 2.33. The second kappa shape index (κ2) is 5.52. The molecule has 0 aliphatic heterocycles. The van der Waals surface area contributed by atoms with Gasteiger partial charge < -0.3 is 4.74 Å². The van der Waals surface area contributed by atoms with Gasteiger partial charge in [-0.05, 0) is 37.1 Å². The molecule has 2 aromatic rings. The summed E-state index contributed by atoms with van der Waals surface area (Å²) in [6, 6.07) is 11.2. The molecule has 0 saturated carbocycles. The lowest BCUT2D eigenvalue weighted by Crippen LogP contribution is -2.11. The maximum absolute atomic E-state index is 12.1. The first kappa shape index (κ1) is 13.7. The average molecular weight is 271 g/mol. The van der Waals surface area contributed by atoms with Crippen LogP contribution in [-0.4, -0.2) is 10.9 Å². The number of carbonyl (C=O) groups excluding carboxylic acids is 1. The summed E-state index contributed by atoms with van der Waals surface area (Å²) in [7, 11) is 0. The number of para-hydroxylation sites is 1. The maximum Gasteiger partial charge on any atom is 0.350 e. The number of carbonyl (C=O) groups is 1. The summed E-state index contributed by atoms with van der Waals surface area (Å²) in [6.07, 6.45) is 0. The van der Waals surface area contributed by atoms with E-state index < -0.39 is 10.9 Å². The van der Waals surface area contributed by atoms with Crippen molar-refractivity contribution >= 4 is 11.7 Å². The quantitative estimate of drug-likeness (QED) is 0.371. The normalized spacial score (nSPS) is 10.1. The van der Waals surface area contributed by atoms with Crippen LogP contribution in [0.3, 0.4) is 0 Å². The highest BCUT2D eigenvalue weighted by molar-refractivity contribution is 5.95. The molecule has 5 nitrogen and oxygen atoms in total. The van der Waals surface area contributed by atoms with E-state index in [0.29, 0.717) is 5.75 Å². The minimum absolute atomic E-state index is 0.0570. The molecule has 20 heavy (non-hydrogen) atoms. The summed E-state index contributed by atoms with van der Waals surface area (Å²) in [4.78, 5) is 22.4. The van der Waals surface area contributed by atoms with E-state index in [1.165, 1.54) is 18.2 Å². The van der Waals surface area contributed by atoms with Gasteiger partial charge in [0.15, 0.2) is 0 Å². The zero-order valence-electron chi connectivity index (χ0n) is 11.1. The van der Waals surface area contributed by atoms with Crippen LogP contribution < -0.4 is 4.74 Å². The number of aryl methyl sites for hydroxylation is 2. The van der Waals surface area contributed by atoms with Crippen LogP contribution in [0.25, 0.3) is 0 Å². The van der Waals surface area contributed by atoms with Gasteiger partial charge in [-0.15, -0.1) is 0 Å². The second-order valence-corrected chi connectivity index (χ2v) is 4.43. The molecule has 5 heteroatoms. The number of hydrogen-bond donors (Lipinski definition) is 0. The van der Waals surface area contributed by atoms with Crippen molar-refractivity contribution in [3.05, 3.63) is 69.3 Å². The Labute approximate surface area is 116 Å². The third kappa shape index (κ3) is 2.83. The standard InChI is InChI=1S/C15H13NO4/c1-10-7-8-11(2)14(9-10)20-15(17)12-5-3-4-6-13(12)16(18)19/h3-9H,1-2H3. The zero-order chi connectivity index (χ0) is 14.7. The zero-order valence-corrected chi connectivity index (χ0v) is 11.1. The Hall–Kier alpha value is -2.69. The number of ether oxygens (including phenoxy) is 1.